The van der Waals surface area contributed by atoms with Crippen LogP contribution in [0.2, 0.25) is 10.0 Å². The Morgan fingerprint density at radius 3 is 2.35 bits per heavy atom. The number of anilines is 1. The summed E-state index contributed by atoms with van der Waals surface area (Å²) in [4.78, 5) is 29.0. The van der Waals surface area contributed by atoms with E-state index in [1.165, 1.54) is 17.9 Å². The Kier molecular flexibility index (Phi) is 10.1. The van der Waals surface area contributed by atoms with E-state index in [-0.39, 0.29) is 36.7 Å². The van der Waals surface area contributed by atoms with Crippen molar-refractivity contribution in [3.8, 4) is 11.5 Å². The van der Waals surface area contributed by atoms with Crippen molar-refractivity contribution in [2.45, 2.75) is 71.0 Å². The molecule has 1 N–H and O–H groups in total. The number of hydrogen-bond acceptors (Lipinski definition) is 6. The highest BCUT2D eigenvalue weighted by Gasteiger charge is 2.34. The van der Waals surface area contributed by atoms with Gasteiger partial charge in [-0.05, 0) is 50.5 Å². The Morgan fingerprint density at radius 1 is 1.02 bits per heavy atom. The van der Waals surface area contributed by atoms with E-state index in [4.69, 9.17) is 32.7 Å². The largest absolute Gasteiger partial charge is 0.454 e. The number of benzene rings is 2. The summed E-state index contributed by atoms with van der Waals surface area (Å²) in [6, 6.07) is 8.91. The van der Waals surface area contributed by atoms with Crippen LogP contribution in [0.15, 0.2) is 36.4 Å². The molecule has 2 aromatic carbocycles. The number of amides is 2. The van der Waals surface area contributed by atoms with Gasteiger partial charge in [0.15, 0.2) is 11.5 Å². The molecule has 0 aromatic heterocycles. The predicted octanol–water partition coefficient (Wildman–Crippen LogP) is 5.13. The molecule has 1 saturated carbocycles. The molecule has 1 heterocycles. The minimum atomic E-state index is -3.89. The van der Waals surface area contributed by atoms with E-state index in [9.17, 15) is 18.0 Å². The van der Waals surface area contributed by atoms with Crippen molar-refractivity contribution in [1.29, 1.82) is 0 Å². The average Bonchev–Trinajstić information content (AvgIpc) is 3.41. The van der Waals surface area contributed by atoms with Crippen molar-refractivity contribution in [3.05, 3.63) is 52.0 Å². The lowest BCUT2D eigenvalue weighted by molar-refractivity contribution is -0.140. The molecule has 40 heavy (non-hydrogen) atoms. The third-order valence-corrected chi connectivity index (χ3v) is 9.80. The first-order valence-corrected chi connectivity index (χ1v) is 15.9. The number of nitrogens with zero attached hydrogens (tertiary/aromatic N) is 2. The number of carbonyl (C=O) groups is 2. The Hall–Kier alpha value is -2.69. The first-order valence-electron chi connectivity index (χ1n) is 13.6. The highest BCUT2D eigenvalue weighted by molar-refractivity contribution is 7.92. The van der Waals surface area contributed by atoms with E-state index in [0.29, 0.717) is 33.5 Å². The van der Waals surface area contributed by atoms with Gasteiger partial charge in [-0.3, -0.25) is 13.9 Å². The zero-order valence-electron chi connectivity index (χ0n) is 22.7. The number of fused-ring (bicyclic) bond motifs is 1. The number of nitrogens with one attached hydrogen (secondary N) is 1. The van der Waals surface area contributed by atoms with Gasteiger partial charge in [0.1, 0.15) is 12.6 Å². The molecule has 1 fully saturated rings. The van der Waals surface area contributed by atoms with Gasteiger partial charge in [0.25, 0.3) is 0 Å². The van der Waals surface area contributed by atoms with Crippen LogP contribution in [0.1, 0.15) is 57.9 Å². The molecule has 4 rings (SSSR count). The molecule has 0 saturated heterocycles. The van der Waals surface area contributed by atoms with E-state index in [1.54, 1.807) is 30.3 Å². The molecule has 12 heteroatoms. The number of halogens is 2. The summed E-state index contributed by atoms with van der Waals surface area (Å²) < 4.78 is 38.3. The van der Waals surface area contributed by atoms with Crippen LogP contribution in [0.3, 0.4) is 0 Å². The number of carbonyl (C=O) groups excluding carboxylic acids is 2. The van der Waals surface area contributed by atoms with Crippen LogP contribution in [0.25, 0.3) is 0 Å². The molecule has 1 aliphatic carbocycles. The van der Waals surface area contributed by atoms with E-state index in [2.05, 4.69) is 5.32 Å². The first kappa shape index (κ1) is 30.3. The van der Waals surface area contributed by atoms with Gasteiger partial charge >= 0.3 is 0 Å². The average molecular weight is 613 g/mol. The summed E-state index contributed by atoms with van der Waals surface area (Å²) in [5, 5.41) is 3.81. The summed E-state index contributed by atoms with van der Waals surface area (Å²) in [5.74, 6) is -0.191. The standard InChI is InChI=1S/C28H35Cl2N3O6S/c1-3-24(28(35)31-19-9-6-5-7-10-19)32(16-21-22(29)11-8-12-23(21)30)27(34)17-33(40(36,37)4-2)20-13-14-25-26(15-20)39-18-38-25/h8,11-15,19,24H,3-7,9-10,16-18H2,1-2H3,(H,31,35)/t24-/m1/s1. The van der Waals surface area contributed by atoms with Crippen molar-refractivity contribution >= 4 is 50.7 Å². The lowest BCUT2D eigenvalue weighted by Gasteiger charge is -2.34. The number of hydrogen-bond donors (Lipinski definition) is 1. The van der Waals surface area contributed by atoms with Gasteiger partial charge in [0, 0.05) is 34.3 Å². The van der Waals surface area contributed by atoms with E-state index in [1.807, 2.05) is 6.92 Å². The molecule has 0 spiro atoms. The lowest BCUT2D eigenvalue weighted by atomic mass is 9.95. The second kappa shape index (κ2) is 13.3. The second-order valence-electron chi connectivity index (χ2n) is 9.93. The van der Waals surface area contributed by atoms with Crippen LogP contribution in [-0.4, -0.2) is 56.3 Å². The minimum Gasteiger partial charge on any atom is -0.454 e. The van der Waals surface area contributed by atoms with Crippen molar-refractivity contribution in [1.82, 2.24) is 10.2 Å². The minimum absolute atomic E-state index is 0.0267. The van der Waals surface area contributed by atoms with Gasteiger partial charge < -0.3 is 19.7 Å². The molecule has 2 amide bonds. The molecular formula is C28H35Cl2N3O6S. The van der Waals surface area contributed by atoms with Crippen LogP contribution < -0.4 is 19.1 Å². The first-order chi connectivity index (χ1) is 19.1. The fraction of sp³-hybridized carbons (Fsp3) is 0.500. The molecule has 2 aromatic rings. The molecule has 0 radical (unpaired) electrons. The van der Waals surface area contributed by atoms with Crippen molar-refractivity contribution < 1.29 is 27.5 Å². The lowest BCUT2D eigenvalue weighted by Crippen LogP contribution is -2.54. The van der Waals surface area contributed by atoms with Crippen LogP contribution in [-0.2, 0) is 26.2 Å². The third-order valence-electron chi connectivity index (χ3n) is 7.35. The van der Waals surface area contributed by atoms with Crippen LogP contribution >= 0.6 is 23.2 Å². The van der Waals surface area contributed by atoms with Crippen LogP contribution in [0.5, 0.6) is 11.5 Å². The second-order valence-corrected chi connectivity index (χ2v) is 12.9. The molecule has 1 atom stereocenters. The summed E-state index contributed by atoms with van der Waals surface area (Å²) in [6.45, 7) is 2.77. The van der Waals surface area contributed by atoms with E-state index >= 15 is 0 Å². The SMILES string of the molecule is CC[C@H](C(=O)NC1CCCCC1)N(Cc1c(Cl)cccc1Cl)C(=O)CN(c1ccc2c(c1)OCO2)S(=O)(=O)CC. The van der Waals surface area contributed by atoms with Gasteiger partial charge in [0.2, 0.25) is 28.6 Å². The van der Waals surface area contributed by atoms with Crippen molar-refractivity contribution in [2.24, 2.45) is 0 Å². The maximum atomic E-state index is 14.0. The highest BCUT2D eigenvalue weighted by atomic mass is 35.5. The molecule has 2 aliphatic rings. The number of ether oxygens (including phenoxy) is 2. The van der Waals surface area contributed by atoms with Gasteiger partial charge in [0.05, 0.1) is 11.4 Å². The zero-order chi connectivity index (χ0) is 28.9. The Balaban J connectivity index is 1.67. The van der Waals surface area contributed by atoms with Crippen molar-refractivity contribution in [2.75, 3.05) is 23.4 Å². The zero-order valence-corrected chi connectivity index (χ0v) is 25.0. The van der Waals surface area contributed by atoms with Gasteiger partial charge in [-0.1, -0.05) is 55.5 Å². The Bertz CT molecular complexity index is 1310. The monoisotopic (exact) mass is 611 g/mol. The Morgan fingerprint density at radius 2 is 1.70 bits per heavy atom. The normalized spacial score (nSPS) is 15.9. The smallest absolute Gasteiger partial charge is 0.244 e. The van der Waals surface area contributed by atoms with E-state index in [0.717, 1.165) is 36.4 Å². The van der Waals surface area contributed by atoms with E-state index < -0.39 is 28.5 Å². The van der Waals surface area contributed by atoms with Crippen molar-refractivity contribution in [3.63, 3.8) is 0 Å². The molecule has 1 aliphatic heterocycles. The quantitative estimate of drug-likeness (QED) is 0.377. The Labute approximate surface area is 245 Å². The molecule has 9 nitrogen and oxygen atoms in total. The number of sulfonamides is 1. The summed E-state index contributed by atoms with van der Waals surface area (Å²) in [7, 11) is -3.89. The van der Waals surface area contributed by atoms with Gasteiger partial charge in [-0.2, -0.15) is 0 Å². The summed E-state index contributed by atoms with van der Waals surface area (Å²) in [6.07, 6.45) is 5.31. The maximum absolute atomic E-state index is 14.0. The molecular weight excluding hydrogens is 577 g/mol. The summed E-state index contributed by atoms with van der Waals surface area (Å²) in [5.41, 5.74) is 0.742. The molecule has 0 bridgehead atoms. The predicted molar refractivity (Wildman–Crippen MR) is 155 cm³/mol. The van der Waals surface area contributed by atoms with Crippen LogP contribution in [0.4, 0.5) is 5.69 Å². The summed E-state index contributed by atoms with van der Waals surface area (Å²) >= 11 is 12.9. The van der Waals surface area contributed by atoms with Gasteiger partial charge in [-0.25, -0.2) is 8.42 Å². The molecule has 218 valence electrons. The molecule has 0 unspecified atom stereocenters. The van der Waals surface area contributed by atoms with Gasteiger partial charge in [-0.15, -0.1) is 0 Å². The maximum Gasteiger partial charge on any atom is 0.244 e. The highest BCUT2D eigenvalue weighted by Crippen LogP contribution is 2.36. The topological polar surface area (TPSA) is 105 Å². The third kappa shape index (κ3) is 6.95. The fourth-order valence-electron chi connectivity index (χ4n) is 5.08. The van der Waals surface area contributed by atoms with Crippen LogP contribution in [0, 0.1) is 0 Å². The fourth-order valence-corrected chi connectivity index (χ4v) is 6.65. The number of rotatable bonds is 11.